The predicted molar refractivity (Wildman–Crippen MR) is 105 cm³/mol. The van der Waals surface area contributed by atoms with Crippen molar-refractivity contribution in [1.29, 1.82) is 0 Å². The van der Waals surface area contributed by atoms with Gasteiger partial charge in [-0.25, -0.2) is 9.18 Å². The number of methoxy groups -OCH3 is 1. The summed E-state index contributed by atoms with van der Waals surface area (Å²) < 4.78 is 19.9. The van der Waals surface area contributed by atoms with E-state index in [2.05, 4.69) is 24.8 Å². The van der Waals surface area contributed by atoms with Crippen molar-refractivity contribution in [1.82, 2.24) is 25.0 Å². The van der Waals surface area contributed by atoms with E-state index in [9.17, 15) is 14.0 Å². The van der Waals surface area contributed by atoms with Gasteiger partial charge in [-0.3, -0.25) is 4.79 Å². The third-order valence-corrected chi connectivity index (χ3v) is 4.99. The number of nitrogens with one attached hydrogen (secondary N) is 1. The summed E-state index contributed by atoms with van der Waals surface area (Å²) in [5.74, 6) is 0.720. The number of aromatic nitrogens is 3. The maximum atomic E-state index is 13.3. The number of fused-ring (bicyclic) bond motifs is 1. The largest absolute Gasteiger partial charge is 0.468 e. The van der Waals surface area contributed by atoms with Crippen molar-refractivity contribution in [3.8, 4) is 11.4 Å². The molecule has 1 aliphatic rings. The second kappa shape index (κ2) is 9.99. The van der Waals surface area contributed by atoms with Crippen LogP contribution in [0.2, 0.25) is 0 Å². The first-order chi connectivity index (χ1) is 14.1. The molecule has 29 heavy (non-hydrogen) atoms. The van der Waals surface area contributed by atoms with Crippen LogP contribution in [0.15, 0.2) is 24.3 Å². The third kappa shape index (κ3) is 5.52. The van der Waals surface area contributed by atoms with E-state index in [0.29, 0.717) is 25.3 Å². The van der Waals surface area contributed by atoms with E-state index in [4.69, 9.17) is 0 Å². The molecule has 0 bridgehead atoms. The van der Waals surface area contributed by atoms with Crippen molar-refractivity contribution in [3.05, 3.63) is 35.9 Å². The van der Waals surface area contributed by atoms with Crippen molar-refractivity contribution in [2.24, 2.45) is 0 Å². The minimum absolute atomic E-state index is 0.156. The van der Waals surface area contributed by atoms with Gasteiger partial charge in [0.25, 0.3) is 0 Å². The molecular weight excluding hydrogens is 377 g/mol. The Kier molecular flexibility index (Phi) is 7.15. The van der Waals surface area contributed by atoms with E-state index >= 15 is 0 Å². The molecule has 2 aromatic rings. The van der Waals surface area contributed by atoms with Crippen LogP contribution >= 0.6 is 0 Å². The molecule has 0 aliphatic carbocycles. The summed E-state index contributed by atoms with van der Waals surface area (Å²) in [7, 11) is 1.29. The fourth-order valence-corrected chi connectivity index (χ4v) is 3.38. The SMILES string of the molecule is COC(=O)CNC(=O)N1CCCCCCn2c(nnc2-c2ccc(F)cc2)CC1. The molecule has 1 aromatic heterocycles. The van der Waals surface area contributed by atoms with Gasteiger partial charge in [0.1, 0.15) is 18.2 Å². The molecule has 9 heteroatoms. The number of rotatable bonds is 3. The number of urea groups is 1. The standard InChI is InChI=1S/C20H26FN5O3/c1-29-18(27)14-22-20(28)25-11-4-2-3-5-12-26-17(10-13-25)23-24-19(26)15-6-8-16(21)9-7-15/h6-9H,2-5,10-14H2,1H3,(H,22,28). The smallest absolute Gasteiger partial charge is 0.325 e. The zero-order valence-electron chi connectivity index (χ0n) is 16.6. The van der Waals surface area contributed by atoms with Gasteiger partial charge < -0.3 is 19.5 Å². The summed E-state index contributed by atoms with van der Waals surface area (Å²) >= 11 is 0. The highest BCUT2D eigenvalue weighted by atomic mass is 19.1. The monoisotopic (exact) mass is 403 g/mol. The van der Waals surface area contributed by atoms with E-state index in [1.54, 1.807) is 17.0 Å². The molecule has 0 spiro atoms. The minimum Gasteiger partial charge on any atom is -0.468 e. The number of hydrogen-bond acceptors (Lipinski definition) is 5. The van der Waals surface area contributed by atoms with Gasteiger partial charge in [-0.2, -0.15) is 0 Å². The van der Waals surface area contributed by atoms with E-state index < -0.39 is 5.97 Å². The summed E-state index contributed by atoms with van der Waals surface area (Å²) in [6, 6.07) is 5.93. The zero-order valence-corrected chi connectivity index (χ0v) is 16.6. The summed E-state index contributed by atoms with van der Waals surface area (Å²) in [4.78, 5) is 25.5. The lowest BCUT2D eigenvalue weighted by Gasteiger charge is -2.22. The first-order valence-corrected chi connectivity index (χ1v) is 9.86. The first kappa shape index (κ1) is 20.8. The highest BCUT2D eigenvalue weighted by Gasteiger charge is 2.19. The van der Waals surface area contributed by atoms with E-state index in [0.717, 1.165) is 43.6 Å². The summed E-state index contributed by atoms with van der Waals surface area (Å²) in [6.07, 6.45) is 4.45. The summed E-state index contributed by atoms with van der Waals surface area (Å²) in [5.41, 5.74) is 0.813. The Morgan fingerprint density at radius 1 is 1.07 bits per heavy atom. The second-order valence-electron chi connectivity index (χ2n) is 6.98. The molecule has 0 fully saturated rings. The summed E-state index contributed by atoms with van der Waals surface area (Å²) in [5, 5.41) is 11.2. The molecular formula is C20H26FN5O3. The number of carbonyl (C=O) groups excluding carboxylic acids is 2. The fourth-order valence-electron chi connectivity index (χ4n) is 3.38. The predicted octanol–water partition coefficient (Wildman–Crippen LogP) is 2.39. The van der Waals surface area contributed by atoms with Crippen LogP contribution < -0.4 is 5.32 Å². The normalized spacial score (nSPS) is 15.2. The zero-order chi connectivity index (χ0) is 20.6. The number of benzene rings is 1. The Morgan fingerprint density at radius 3 is 2.52 bits per heavy atom. The van der Waals surface area contributed by atoms with E-state index in [-0.39, 0.29) is 18.4 Å². The first-order valence-electron chi connectivity index (χ1n) is 9.86. The number of nitrogens with zero attached hydrogens (tertiary/aromatic N) is 4. The van der Waals surface area contributed by atoms with Gasteiger partial charge in [0.15, 0.2) is 5.82 Å². The van der Waals surface area contributed by atoms with Gasteiger partial charge >= 0.3 is 12.0 Å². The molecule has 0 saturated carbocycles. The van der Waals surface area contributed by atoms with Crippen LogP contribution in [-0.4, -0.2) is 58.4 Å². The topological polar surface area (TPSA) is 89.4 Å². The molecule has 0 saturated heterocycles. The Morgan fingerprint density at radius 2 is 1.79 bits per heavy atom. The Hall–Kier alpha value is -2.97. The Balaban J connectivity index is 1.75. The lowest BCUT2D eigenvalue weighted by molar-refractivity contribution is -0.139. The third-order valence-electron chi connectivity index (χ3n) is 4.99. The molecule has 1 aliphatic heterocycles. The molecule has 1 aromatic carbocycles. The van der Waals surface area contributed by atoms with Crippen LogP contribution in [0.25, 0.3) is 11.4 Å². The van der Waals surface area contributed by atoms with Crippen LogP contribution in [0.5, 0.6) is 0 Å². The maximum Gasteiger partial charge on any atom is 0.325 e. The lowest BCUT2D eigenvalue weighted by Crippen LogP contribution is -2.43. The van der Waals surface area contributed by atoms with E-state index in [1.165, 1.54) is 19.2 Å². The quantitative estimate of drug-likeness (QED) is 0.795. The van der Waals surface area contributed by atoms with E-state index in [1.807, 2.05) is 0 Å². The van der Waals surface area contributed by atoms with Crippen molar-refractivity contribution >= 4 is 12.0 Å². The number of ether oxygens (including phenoxy) is 1. The highest BCUT2D eigenvalue weighted by molar-refractivity contribution is 5.80. The van der Waals surface area contributed by atoms with Gasteiger partial charge in [0.05, 0.1) is 7.11 Å². The average Bonchev–Trinajstić information content (AvgIpc) is 3.11. The summed E-state index contributed by atoms with van der Waals surface area (Å²) in [6.45, 7) is 1.71. The van der Waals surface area contributed by atoms with Crippen molar-refractivity contribution in [3.63, 3.8) is 0 Å². The Labute approximate surface area is 169 Å². The van der Waals surface area contributed by atoms with Crippen molar-refractivity contribution in [2.45, 2.75) is 38.6 Å². The van der Waals surface area contributed by atoms with Crippen LogP contribution in [0.1, 0.15) is 31.5 Å². The molecule has 1 N–H and O–H groups in total. The Bertz CT molecular complexity index is 837. The van der Waals surface area contributed by atoms with Crippen LogP contribution in [0.4, 0.5) is 9.18 Å². The molecule has 0 unspecified atom stereocenters. The molecule has 2 heterocycles. The molecule has 0 atom stereocenters. The number of esters is 1. The number of hydrogen-bond donors (Lipinski definition) is 1. The van der Waals surface area contributed by atoms with Gasteiger partial charge in [-0.15, -0.1) is 10.2 Å². The lowest BCUT2D eigenvalue weighted by atomic mass is 10.1. The van der Waals surface area contributed by atoms with Gasteiger partial charge in [-0.1, -0.05) is 12.8 Å². The molecule has 2 amide bonds. The average molecular weight is 403 g/mol. The van der Waals surface area contributed by atoms with Crippen LogP contribution in [0.3, 0.4) is 0 Å². The molecule has 156 valence electrons. The number of carbonyl (C=O) groups is 2. The fraction of sp³-hybridized carbons (Fsp3) is 0.500. The van der Waals surface area contributed by atoms with Gasteiger partial charge in [0, 0.05) is 31.6 Å². The molecule has 0 radical (unpaired) electrons. The van der Waals surface area contributed by atoms with Gasteiger partial charge in [-0.05, 0) is 37.1 Å². The number of amides is 2. The number of halogens is 1. The van der Waals surface area contributed by atoms with Gasteiger partial charge in [0.2, 0.25) is 0 Å². The highest BCUT2D eigenvalue weighted by Crippen LogP contribution is 2.21. The van der Waals surface area contributed by atoms with Crippen LogP contribution in [0, 0.1) is 5.82 Å². The maximum absolute atomic E-state index is 13.3. The van der Waals surface area contributed by atoms with Crippen LogP contribution in [-0.2, 0) is 22.5 Å². The molecule has 8 nitrogen and oxygen atoms in total. The second-order valence-corrected chi connectivity index (χ2v) is 6.98. The minimum atomic E-state index is -0.486. The molecule has 3 rings (SSSR count). The van der Waals surface area contributed by atoms with Crippen molar-refractivity contribution in [2.75, 3.05) is 26.7 Å². The van der Waals surface area contributed by atoms with Crippen molar-refractivity contribution < 1.29 is 18.7 Å².